The number of carbonyl (C=O) groups excluding carboxylic acids is 1. The Balaban J connectivity index is 2.30. The quantitative estimate of drug-likeness (QED) is 0.652. The third-order valence-corrected chi connectivity index (χ3v) is 3.35. The Labute approximate surface area is 138 Å². The number of benzene rings is 1. The van der Waals surface area contributed by atoms with Crippen LogP contribution in [0.4, 0.5) is 5.69 Å². The molecule has 0 atom stereocenters. The second-order valence-electron chi connectivity index (χ2n) is 4.54. The molecule has 0 spiro atoms. The van der Waals surface area contributed by atoms with E-state index >= 15 is 0 Å². The number of nitrogens with one attached hydrogen (secondary N) is 1. The summed E-state index contributed by atoms with van der Waals surface area (Å²) in [6, 6.07) is 6.61. The molecule has 0 radical (unpaired) electrons. The molecular formula is C15H17N3O4S. The van der Waals surface area contributed by atoms with Crippen molar-refractivity contribution >= 4 is 28.9 Å². The Bertz CT molecular complexity index is 729. The fourth-order valence-electron chi connectivity index (χ4n) is 1.99. The van der Waals surface area contributed by atoms with E-state index in [0.29, 0.717) is 28.5 Å². The zero-order valence-electron chi connectivity index (χ0n) is 13.0. The Kier molecular flexibility index (Phi) is 5.07. The van der Waals surface area contributed by atoms with Crippen LogP contribution >= 0.6 is 12.2 Å². The molecule has 122 valence electrons. The highest BCUT2D eigenvalue weighted by atomic mass is 32.1. The lowest BCUT2D eigenvalue weighted by Crippen LogP contribution is -2.49. The highest BCUT2D eigenvalue weighted by molar-refractivity contribution is 7.80. The standard InChI is InChI=1S/C15H17N3O4S/c1-9-11(6-7-22-9)14(19)17-18(15(16)23)10-4-5-12(20-2)13(8-10)21-3/h4-8H,1-3H3,(H2,16,23)(H,17,19). The van der Waals surface area contributed by atoms with Crippen molar-refractivity contribution in [1.29, 1.82) is 0 Å². The Morgan fingerprint density at radius 2 is 1.96 bits per heavy atom. The van der Waals surface area contributed by atoms with Gasteiger partial charge < -0.3 is 19.6 Å². The van der Waals surface area contributed by atoms with Crippen LogP contribution in [0.15, 0.2) is 34.9 Å². The Hall–Kier alpha value is -2.74. The molecule has 2 aromatic rings. The molecule has 0 saturated heterocycles. The van der Waals surface area contributed by atoms with Crippen LogP contribution < -0.4 is 25.6 Å². The smallest absolute Gasteiger partial charge is 0.273 e. The largest absolute Gasteiger partial charge is 0.493 e. The second-order valence-corrected chi connectivity index (χ2v) is 4.96. The molecule has 0 aliphatic carbocycles. The SMILES string of the molecule is COc1ccc(N(NC(=O)c2ccoc2C)C(N)=S)cc1OC. The first-order valence-electron chi connectivity index (χ1n) is 6.64. The number of hydrogen-bond acceptors (Lipinski definition) is 5. The molecule has 3 N–H and O–H groups in total. The maximum Gasteiger partial charge on any atom is 0.273 e. The van der Waals surface area contributed by atoms with Crippen LogP contribution in [0, 0.1) is 6.92 Å². The molecule has 8 heteroatoms. The van der Waals surface area contributed by atoms with E-state index in [4.69, 9.17) is 31.8 Å². The molecule has 1 heterocycles. The number of carbonyl (C=O) groups is 1. The topological polar surface area (TPSA) is 90.0 Å². The van der Waals surface area contributed by atoms with Crippen LogP contribution in [0.1, 0.15) is 16.1 Å². The summed E-state index contributed by atoms with van der Waals surface area (Å²) in [6.07, 6.45) is 1.44. The number of thiocarbonyl (C=S) groups is 1. The van der Waals surface area contributed by atoms with Crippen molar-refractivity contribution in [2.24, 2.45) is 5.73 Å². The van der Waals surface area contributed by atoms with Crippen molar-refractivity contribution in [3.05, 3.63) is 41.9 Å². The van der Waals surface area contributed by atoms with Crippen LogP contribution in [0.25, 0.3) is 0 Å². The molecule has 0 aliphatic rings. The first-order valence-corrected chi connectivity index (χ1v) is 7.05. The van der Waals surface area contributed by atoms with Gasteiger partial charge in [-0.15, -0.1) is 0 Å². The average molecular weight is 335 g/mol. The molecule has 1 aromatic carbocycles. The third kappa shape index (κ3) is 3.54. The molecule has 0 saturated carbocycles. The summed E-state index contributed by atoms with van der Waals surface area (Å²) in [5.74, 6) is 1.15. The second kappa shape index (κ2) is 7.01. The van der Waals surface area contributed by atoms with E-state index in [1.165, 1.54) is 25.5 Å². The van der Waals surface area contributed by atoms with Crippen LogP contribution in [-0.4, -0.2) is 25.2 Å². The fourth-order valence-corrected chi connectivity index (χ4v) is 2.14. The summed E-state index contributed by atoms with van der Waals surface area (Å²) >= 11 is 5.01. The average Bonchev–Trinajstić information content (AvgIpc) is 2.97. The molecule has 0 bridgehead atoms. The summed E-state index contributed by atoms with van der Waals surface area (Å²) in [5, 5.41) is 1.26. The highest BCUT2D eigenvalue weighted by Crippen LogP contribution is 2.31. The summed E-state index contributed by atoms with van der Waals surface area (Å²) in [6.45, 7) is 1.69. The molecule has 0 aliphatic heterocycles. The van der Waals surface area contributed by atoms with E-state index < -0.39 is 0 Å². The first-order chi connectivity index (χ1) is 11.0. The molecule has 7 nitrogen and oxygen atoms in total. The number of methoxy groups -OCH3 is 2. The van der Waals surface area contributed by atoms with Gasteiger partial charge in [0.1, 0.15) is 5.76 Å². The summed E-state index contributed by atoms with van der Waals surface area (Å²) < 4.78 is 15.5. The van der Waals surface area contributed by atoms with E-state index in [1.807, 2.05) is 0 Å². The van der Waals surface area contributed by atoms with E-state index in [0.717, 1.165) is 0 Å². The van der Waals surface area contributed by atoms with E-state index in [9.17, 15) is 4.79 Å². The Morgan fingerprint density at radius 1 is 1.26 bits per heavy atom. The number of hydrogen-bond donors (Lipinski definition) is 2. The van der Waals surface area contributed by atoms with Gasteiger partial charge in [-0.2, -0.15) is 0 Å². The number of aryl methyl sites for hydroxylation is 1. The van der Waals surface area contributed by atoms with Crippen LogP contribution in [0.3, 0.4) is 0 Å². The van der Waals surface area contributed by atoms with E-state index in [-0.39, 0.29) is 11.0 Å². The van der Waals surface area contributed by atoms with Gasteiger partial charge in [-0.1, -0.05) is 0 Å². The fraction of sp³-hybridized carbons (Fsp3) is 0.200. The van der Waals surface area contributed by atoms with Crippen LogP contribution in [-0.2, 0) is 0 Å². The number of rotatable bonds is 4. The monoisotopic (exact) mass is 335 g/mol. The van der Waals surface area contributed by atoms with Gasteiger partial charge >= 0.3 is 0 Å². The van der Waals surface area contributed by atoms with Crippen molar-refractivity contribution in [1.82, 2.24) is 5.43 Å². The zero-order valence-corrected chi connectivity index (χ0v) is 13.8. The minimum atomic E-state index is -0.390. The van der Waals surface area contributed by atoms with Crippen LogP contribution in [0.5, 0.6) is 11.5 Å². The van der Waals surface area contributed by atoms with Crippen molar-refractivity contribution in [2.75, 3.05) is 19.2 Å². The predicted octanol–water partition coefficient (Wildman–Crippen LogP) is 2.00. The van der Waals surface area contributed by atoms with Gasteiger partial charge in [0.25, 0.3) is 5.91 Å². The predicted molar refractivity (Wildman–Crippen MR) is 89.7 cm³/mol. The lowest BCUT2D eigenvalue weighted by molar-refractivity contribution is 0.0953. The molecule has 0 unspecified atom stereocenters. The van der Waals surface area contributed by atoms with Crippen molar-refractivity contribution in [2.45, 2.75) is 6.92 Å². The Morgan fingerprint density at radius 3 is 2.48 bits per heavy atom. The number of hydrazine groups is 1. The normalized spacial score (nSPS) is 10.0. The molecule has 0 fully saturated rings. The van der Waals surface area contributed by atoms with Gasteiger partial charge in [0, 0.05) is 6.07 Å². The highest BCUT2D eigenvalue weighted by Gasteiger charge is 2.18. The molecular weight excluding hydrogens is 318 g/mol. The van der Waals surface area contributed by atoms with E-state index in [1.54, 1.807) is 31.2 Å². The number of furan rings is 1. The minimum absolute atomic E-state index is 0.0216. The number of nitrogens with two attached hydrogens (primary N) is 1. The van der Waals surface area contributed by atoms with Crippen molar-refractivity contribution in [3.8, 4) is 11.5 Å². The molecule has 1 amide bonds. The third-order valence-electron chi connectivity index (χ3n) is 3.16. The van der Waals surface area contributed by atoms with Gasteiger partial charge in [-0.3, -0.25) is 10.2 Å². The van der Waals surface area contributed by atoms with Gasteiger partial charge in [-0.25, -0.2) is 5.01 Å². The van der Waals surface area contributed by atoms with Gasteiger partial charge in [0.15, 0.2) is 16.6 Å². The van der Waals surface area contributed by atoms with Gasteiger partial charge in [0.05, 0.1) is 31.7 Å². The molecule has 2 rings (SSSR count). The van der Waals surface area contributed by atoms with Gasteiger partial charge in [-0.05, 0) is 37.3 Å². The first kappa shape index (κ1) is 16.6. The van der Waals surface area contributed by atoms with Gasteiger partial charge in [0.2, 0.25) is 0 Å². The van der Waals surface area contributed by atoms with Crippen LogP contribution in [0.2, 0.25) is 0 Å². The summed E-state index contributed by atoms with van der Waals surface area (Å²) in [5.41, 5.74) is 9.28. The lowest BCUT2D eigenvalue weighted by atomic mass is 10.2. The zero-order chi connectivity index (χ0) is 17.0. The molecule has 23 heavy (non-hydrogen) atoms. The maximum absolute atomic E-state index is 12.3. The lowest BCUT2D eigenvalue weighted by Gasteiger charge is -2.24. The van der Waals surface area contributed by atoms with E-state index in [2.05, 4.69) is 5.43 Å². The summed E-state index contributed by atoms with van der Waals surface area (Å²) in [4.78, 5) is 12.3. The maximum atomic E-state index is 12.3. The number of nitrogens with zero attached hydrogens (tertiary/aromatic N) is 1. The number of ether oxygens (including phenoxy) is 2. The number of amides is 1. The number of anilines is 1. The molecule has 1 aromatic heterocycles. The van der Waals surface area contributed by atoms with Crippen molar-refractivity contribution < 1.29 is 18.7 Å². The summed E-state index contributed by atoms with van der Waals surface area (Å²) in [7, 11) is 3.05. The van der Waals surface area contributed by atoms with Crippen molar-refractivity contribution in [3.63, 3.8) is 0 Å². The minimum Gasteiger partial charge on any atom is -0.493 e.